The number of amides is 2. The lowest BCUT2D eigenvalue weighted by Gasteiger charge is -2.26. The molecule has 1 fully saturated rings. The van der Waals surface area contributed by atoms with E-state index in [4.69, 9.17) is 22.8 Å². The number of hydrazine groups is 2. The van der Waals surface area contributed by atoms with Crippen molar-refractivity contribution in [3.8, 4) is 0 Å². The summed E-state index contributed by atoms with van der Waals surface area (Å²) >= 11 is 5.19. The molecule has 1 aliphatic rings. The van der Waals surface area contributed by atoms with Gasteiger partial charge >= 0.3 is 0 Å². The zero-order valence-corrected chi connectivity index (χ0v) is 18.9. The van der Waals surface area contributed by atoms with Gasteiger partial charge in [0.05, 0.1) is 13.2 Å². The van der Waals surface area contributed by atoms with Crippen molar-refractivity contribution in [1.82, 2.24) is 20.8 Å². The molecule has 0 aromatic heterocycles. The summed E-state index contributed by atoms with van der Waals surface area (Å²) in [6, 6.07) is 11.4. The minimum Gasteiger partial charge on any atom is -0.379 e. The van der Waals surface area contributed by atoms with Gasteiger partial charge in [-0.15, -0.1) is 0 Å². The van der Waals surface area contributed by atoms with E-state index in [-0.39, 0.29) is 11.0 Å². The summed E-state index contributed by atoms with van der Waals surface area (Å²) in [7, 11) is 0. The largest absolute Gasteiger partial charge is 0.379 e. The van der Waals surface area contributed by atoms with Gasteiger partial charge in [0.25, 0.3) is 11.8 Å². The number of hydrogen-bond donors (Lipinski definition) is 4. The highest BCUT2D eigenvalue weighted by Crippen LogP contribution is 2.13. The van der Waals surface area contributed by atoms with Gasteiger partial charge in [0.15, 0.2) is 5.11 Å². The van der Waals surface area contributed by atoms with E-state index in [0.717, 1.165) is 44.4 Å². The van der Waals surface area contributed by atoms with Gasteiger partial charge in [0, 0.05) is 36.4 Å². The van der Waals surface area contributed by atoms with Crippen LogP contribution in [0.15, 0.2) is 48.5 Å². The van der Waals surface area contributed by atoms with Crippen molar-refractivity contribution < 1.29 is 18.7 Å². The van der Waals surface area contributed by atoms with Crippen LogP contribution in [0.4, 0.5) is 10.1 Å². The minimum atomic E-state index is -0.496. The summed E-state index contributed by atoms with van der Waals surface area (Å²) in [5.41, 5.74) is 3.74. The molecule has 1 saturated heterocycles. The van der Waals surface area contributed by atoms with Crippen molar-refractivity contribution in [2.24, 2.45) is 5.84 Å². The van der Waals surface area contributed by atoms with E-state index in [1.807, 2.05) is 0 Å². The monoisotopic (exact) mass is 474 g/mol. The van der Waals surface area contributed by atoms with Crippen molar-refractivity contribution in [2.75, 3.05) is 44.7 Å². The topological polar surface area (TPSA) is 112 Å². The molecular weight excluding hydrogens is 447 g/mol. The van der Waals surface area contributed by atoms with Crippen molar-refractivity contribution in [1.29, 1.82) is 0 Å². The third-order valence-corrected chi connectivity index (χ3v) is 5.21. The van der Waals surface area contributed by atoms with Crippen LogP contribution in [0.1, 0.15) is 27.1 Å². The maximum Gasteiger partial charge on any atom is 0.287 e. The second-order valence-electron chi connectivity index (χ2n) is 7.39. The van der Waals surface area contributed by atoms with Gasteiger partial charge < -0.3 is 15.4 Å². The Morgan fingerprint density at radius 2 is 1.70 bits per heavy atom. The number of nitrogens with two attached hydrogens (primary N) is 1. The lowest BCUT2D eigenvalue weighted by Crippen LogP contribution is -2.54. The predicted molar refractivity (Wildman–Crippen MR) is 127 cm³/mol. The first-order valence-corrected chi connectivity index (χ1v) is 10.9. The zero-order valence-electron chi connectivity index (χ0n) is 18.1. The molecular formula is C22H27FN6O3S. The van der Waals surface area contributed by atoms with Gasteiger partial charge in [-0.3, -0.25) is 19.9 Å². The number of anilines is 1. The molecule has 9 nitrogen and oxygen atoms in total. The molecule has 2 aromatic rings. The summed E-state index contributed by atoms with van der Waals surface area (Å²) in [5.74, 6) is 4.50. The van der Waals surface area contributed by atoms with Crippen LogP contribution in [0.3, 0.4) is 0 Å². The number of nitrogens with zero attached hydrogens (tertiary/aromatic N) is 2. The molecule has 0 saturated carbocycles. The summed E-state index contributed by atoms with van der Waals surface area (Å²) in [6.07, 6.45) is 0.894. The van der Waals surface area contributed by atoms with Crippen molar-refractivity contribution in [3.63, 3.8) is 0 Å². The Kier molecular flexibility index (Phi) is 9.07. The van der Waals surface area contributed by atoms with E-state index < -0.39 is 11.7 Å². The first kappa shape index (κ1) is 24.5. The molecule has 0 atom stereocenters. The summed E-state index contributed by atoms with van der Waals surface area (Å²) < 4.78 is 18.3. The highest BCUT2D eigenvalue weighted by Gasteiger charge is 2.14. The molecule has 0 unspecified atom stereocenters. The molecule has 0 radical (unpaired) electrons. The molecule has 5 N–H and O–H groups in total. The lowest BCUT2D eigenvalue weighted by atomic mass is 10.1. The molecule has 0 aliphatic carbocycles. The Morgan fingerprint density at radius 3 is 2.36 bits per heavy atom. The number of hydrogen-bond acceptors (Lipinski definition) is 6. The molecule has 0 spiro atoms. The number of ether oxygens (including phenoxy) is 1. The first-order chi connectivity index (χ1) is 15.9. The van der Waals surface area contributed by atoms with Crippen molar-refractivity contribution in [3.05, 3.63) is 65.5 Å². The standard InChI is InChI=1S/C22H27FN6O3S/c23-18-6-2-16(3-7-18)20(30)26-19-8-4-17(5-9-19)21(31)29(24)27-22(33)25-10-1-11-28-12-14-32-15-13-28/h2-9H,1,10-15,24H2,(H,26,30)(H2,25,27,33). The number of thiocarbonyl (C=S) groups is 1. The van der Waals surface area contributed by atoms with E-state index in [1.165, 1.54) is 36.4 Å². The third kappa shape index (κ3) is 7.75. The highest BCUT2D eigenvalue weighted by atomic mass is 32.1. The minimum absolute atomic E-state index is 0.246. The maximum atomic E-state index is 13.0. The number of halogens is 1. The SMILES string of the molecule is NN(NC(=S)NCCCN1CCOCC1)C(=O)c1ccc(NC(=O)c2ccc(F)cc2)cc1. The quantitative estimate of drug-likeness (QED) is 0.157. The van der Waals surface area contributed by atoms with Gasteiger partial charge in [-0.05, 0) is 73.7 Å². The Balaban J connectivity index is 1.41. The normalized spacial score (nSPS) is 13.8. The average molecular weight is 475 g/mol. The van der Waals surface area contributed by atoms with Crippen LogP contribution in [-0.2, 0) is 4.74 Å². The predicted octanol–water partition coefficient (Wildman–Crippen LogP) is 1.50. The van der Waals surface area contributed by atoms with Crippen LogP contribution >= 0.6 is 12.2 Å². The van der Waals surface area contributed by atoms with Crippen LogP contribution in [0.25, 0.3) is 0 Å². The molecule has 3 rings (SSSR count). The summed E-state index contributed by atoms with van der Waals surface area (Å²) in [4.78, 5) is 27.0. The fraction of sp³-hybridized carbons (Fsp3) is 0.318. The van der Waals surface area contributed by atoms with Gasteiger partial charge in [0.1, 0.15) is 5.82 Å². The summed E-state index contributed by atoms with van der Waals surface area (Å²) in [5, 5.41) is 6.77. The Morgan fingerprint density at radius 1 is 1.06 bits per heavy atom. The van der Waals surface area contributed by atoms with Crippen LogP contribution in [0.2, 0.25) is 0 Å². The smallest absolute Gasteiger partial charge is 0.287 e. The third-order valence-electron chi connectivity index (χ3n) is 4.98. The van der Waals surface area contributed by atoms with E-state index in [9.17, 15) is 14.0 Å². The zero-order chi connectivity index (χ0) is 23.6. The number of benzene rings is 2. The van der Waals surface area contributed by atoms with Crippen LogP contribution < -0.4 is 21.9 Å². The Hall–Kier alpha value is -3.12. The van der Waals surface area contributed by atoms with E-state index in [2.05, 4.69) is 21.0 Å². The van der Waals surface area contributed by atoms with Gasteiger partial charge in [-0.1, -0.05) is 0 Å². The van der Waals surface area contributed by atoms with Crippen LogP contribution in [-0.4, -0.2) is 66.3 Å². The van der Waals surface area contributed by atoms with Gasteiger partial charge in [0.2, 0.25) is 0 Å². The lowest BCUT2D eigenvalue weighted by molar-refractivity contribution is 0.0376. The van der Waals surface area contributed by atoms with E-state index >= 15 is 0 Å². The van der Waals surface area contributed by atoms with Crippen molar-refractivity contribution in [2.45, 2.75) is 6.42 Å². The number of nitrogens with one attached hydrogen (secondary N) is 3. The second kappa shape index (κ2) is 12.2. The van der Waals surface area contributed by atoms with Gasteiger partial charge in [-0.25, -0.2) is 10.2 Å². The molecule has 2 aromatic carbocycles. The maximum absolute atomic E-state index is 13.0. The number of morpholine rings is 1. The fourth-order valence-electron chi connectivity index (χ4n) is 3.17. The van der Waals surface area contributed by atoms with E-state index in [0.29, 0.717) is 23.4 Å². The van der Waals surface area contributed by atoms with Crippen LogP contribution in [0, 0.1) is 5.82 Å². The Labute approximate surface area is 197 Å². The molecule has 1 heterocycles. The number of carbonyl (C=O) groups is 2. The molecule has 33 heavy (non-hydrogen) atoms. The van der Waals surface area contributed by atoms with Gasteiger partial charge in [-0.2, -0.15) is 5.12 Å². The Bertz CT molecular complexity index is 952. The average Bonchev–Trinajstić information content (AvgIpc) is 2.83. The molecule has 11 heteroatoms. The summed E-state index contributed by atoms with van der Waals surface area (Å²) in [6.45, 7) is 4.98. The molecule has 2 amide bonds. The number of carbonyl (C=O) groups excluding carboxylic acids is 2. The molecule has 176 valence electrons. The highest BCUT2D eigenvalue weighted by molar-refractivity contribution is 7.80. The van der Waals surface area contributed by atoms with Crippen LogP contribution in [0.5, 0.6) is 0 Å². The number of rotatable bonds is 7. The molecule has 1 aliphatic heterocycles. The van der Waals surface area contributed by atoms with E-state index in [1.54, 1.807) is 12.1 Å². The second-order valence-corrected chi connectivity index (χ2v) is 7.80. The fourth-order valence-corrected chi connectivity index (χ4v) is 3.37. The van der Waals surface area contributed by atoms with Crippen molar-refractivity contribution >= 4 is 34.8 Å². The first-order valence-electron chi connectivity index (χ1n) is 10.5. The molecule has 0 bridgehead atoms.